The van der Waals surface area contributed by atoms with Gasteiger partial charge in [0.2, 0.25) is 17.6 Å². The van der Waals surface area contributed by atoms with Crippen LogP contribution in [0.3, 0.4) is 0 Å². The second kappa shape index (κ2) is 9.19. The second-order valence-electron chi connectivity index (χ2n) is 7.12. The summed E-state index contributed by atoms with van der Waals surface area (Å²) < 4.78 is 10.1. The zero-order chi connectivity index (χ0) is 20.9. The van der Waals surface area contributed by atoms with Crippen LogP contribution in [0.5, 0.6) is 0 Å². The number of hydrogen-bond donors (Lipinski definition) is 1. The van der Waals surface area contributed by atoms with Crippen LogP contribution in [0.1, 0.15) is 29.1 Å². The highest BCUT2D eigenvalue weighted by Gasteiger charge is 2.27. The minimum Gasteiger partial charge on any atom is -0.465 e. The number of benzene rings is 1. The van der Waals surface area contributed by atoms with Crippen molar-refractivity contribution in [2.24, 2.45) is 5.92 Å². The van der Waals surface area contributed by atoms with Crippen LogP contribution >= 0.6 is 11.3 Å². The van der Waals surface area contributed by atoms with Crippen molar-refractivity contribution >= 4 is 28.9 Å². The molecule has 1 fully saturated rings. The van der Waals surface area contributed by atoms with Crippen LogP contribution < -0.4 is 5.32 Å². The van der Waals surface area contributed by atoms with Gasteiger partial charge < -0.3 is 14.6 Å². The van der Waals surface area contributed by atoms with Gasteiger partial charge in [-0.3, -0.25) is 9.69 Å². The Kier molecular flexibility index (Phi) is 6.20. The number of likely N-dealkylation sites (tertiary alicyclic amines) is 1. The number of anilines is 1. The molecule has 0 bridgehead atoms. The normalized spacial score (nSPS) is 16.9. The summed E-state index contributed by atoms with van der Waals surface area (Å²) in [4.78, 5) is 31.8. The number of piperidine rings is 1. The first-order valence-electron chi connectivity index (χ1n) is 9.70. The molecule has 1 aromatic carbocycles. The monoisotopic (exact) mass is 426 g/mol. The van der Waals surface area contributed by atoms with Crippen molar-refractivity contribution in [2.75, 3.05) is 25.5 Å². The summed E-state index contributed by atoms with van der Waals surface area (Å²) in [5, 5.41) is 8.95. The summed E-state index contributed by atoms with van der Waals surface area (Å²) in [6.45, 7) is 2.03. The van der Waals surface area contributed by atoms with Gasteiger partial charge in [-0.2, -0.15) is 4.98 Å². The lowest BCUT2D eigenvalue weighted by Crippen LogP contribution is -2.40. The highest BCUT2D eigenvalue weighted by atomic mass is 32.1. The van der Waals surface area contributed by atoms with Gasteiger partial charge in [0.05, 0.1) is 30.0 Å². The van der Waals surface area contributed by atoms with Gasteiger partial charge in [-0.1, -0.05) is 11.2 Å². The average Bonchev–Trinajstić information content (AvgIpc) is 3.46. The number of esters is 1. The van der Waals surface area contributed by atoms with Crippen molar-refractivity contribution in [2.45, 2.75) is 19.4 Å². The summed E-state index contributed by atoms with van der Waals surface area (Å²) in [6.07, 6.45) is 1.75. The molecule has 3 heterocycles. The highest BCUT2D eigenvalue weighted by molar-refractivity contribution is 7.13. The number of methoxy groups -OCH3 is 1. The molecule has 0 spiro atoms. The van der Waals surface area contributed by atoms with Crippen LogP contribution in [-0.2, 0) is 16.1 Å². The van der Waals surface area contributed by atoms with Crippen LogP contribution in [0.25, 0.3) is 10.7 Å². The molecule has 156 valence electrons. The molecule has 8 nitrogen and oxygen atoms in total. The Labute approximate surface area is 177 Å². The molecule has 1 saturated heterocycles. The van der Waals surface area contributed by atoms with Crippen LogP contribution in [0, 0.1) is 5.92 Å². The van der Waals surface area contributed by atoms with Crippen molar-refractivity contribution in [3.63, 3.8) is 0 Å². The molecule has 2 aromatic heterocycles. The van der Waals surface area contributed by atoms with Crippen molar-refractivity contribution in [1.29, 1.82) is 0 Å². The number of carbonyl (C=O) groups is 2. The molecule has 1 aliphatic rings. The van der Waals surface area contributed by atoms with Gasteiger partial charge in [-0.25, -0.2) is 4.79 Å². The Hall–Kier alpha value is -3.04. The van der Waals surface area contributed by atoms with E-state index in [2.05, 4.69) is 25.1 Å². The van der Waals surface area contributed by atoms with Crippen molar-refractivity contribution in [3.8, 4) is 10.7 Å². The van der Waals surface area contributed by atoms with E-state index in [1.807, 2.05) is 17.5 Å². The second-order valence-corrected chi connectivity index (χ2v) is 8.07. The highest BCUT2D eigenvalue weighted by Crippen LogP contribution is 2.23. The SMILES string of the molecule is COC(=O)c1ccc(NC(=O)C2CCCN(Cc3nc(-c4cccs4)no3)C2)cc1. The number of carbonyl (C=O) groups excluding carboxylic acids is 2. The minimum atomic E-state index is -0.404. The number of rotatable bonds is 6. The number of amides is 1. The largest absolute Gasteiger partial charge is 0.465 e. The van der Waals surface area contributed by atoms with E-state index in [9.17, 15) is 9.59 Å². The van der Waals surface area contributed by atoms with Crippen LogP contribution in [-0.4, -0.2) is 47.1 Å². The fourth-order valence-corrected chi connectivity index (χ4v) is 4.13. The maximum absolute atomic E-state index is 12.7. The first-order valence-corrected chi connectivity index (χ1v) is 10.6. The zero-order valence-electron chi connectivity index (χ0n) is 16.5. The molecule has 9 heteroatoms. The Morgan fingerprint density at radius 1 is 1.30 bits per heavy atom. The topological polar surface area (TPSA) is 97.6 Å². The Balaban J connectivity index is 1.33. The van der Waals surface area contributed by atoms with E-state index in [0.717, 1.165) is 24.3 Å². The predicted molar refractivity (Wildman–Crippen MR) is 112 cm³/mol. The van der Waals surface area contributed by atoms with E-state index in [1.165, 1.54) is 7.11 Å². The molecule has 4 rings (SSSR count). The predicted octanol–water partition coefficient (Wildman–Crippen LogP) is 3.44. The quantitative estimate of drug-likeness (QED) is 0.603. The third-order valence-corrected chi connectivity index (χ3v) is 5.88. The van der Waals surface area contributed by atoms with E-state index in [-0.39, 0.29) is 11.8 Å². The lowest BCUT2D eigenvalue weighted by molar-refractivity contribution is -0.121. The zero-order valence-corrected chi connectivity index (χ0v) is 17.4. The fraction of sp³-hybridized carbons (Fsp3) is 0.333. The third-order valence-electron chi connectivity index (χ3n) is 5.02. The van der Waals surface area contributed by atoms with E-state index in [0.29, 0.717) is 36.1 Å². The van der Waals surface area contributed by atoms with E-state index in [4.69, 9.17) is 4.52 Å². The fourth-order valence-electron chi connectivity index (χ4n) is 3.48. The Morgan fingerprint density at radius 2 is 2.13 bits per heavy atom. The van der Waals surface area contributed by atoms with Crippen molar-refractivity contribution in [3.05, 3.63) is 53.2 Å². The van der Waals surface area contributed by atoms with Gasteiger partial charge >= 0.3 is 5.97 Å². The van der Waals surface area contributed by atoms with Crippen molar-refractivity contribution < 1.29 is 18.8 Å². The number of hydrogen-bond acceptors (Lipinski definition) is 8. The molecular weight excluding hydrogens is 404 g/mol. The van der Waals surface area contributed by atoms with Gasteiger partial charge in [-0.05, 0) is 55.1 Å². The summed E-state index contributed by atoms with van der Waals surface area (Å²) in [5.74, 6) is 0.590. The maximum Gasteiger partial charge on any atom is 0.337 e. The Bertz CT molecular complexity index is 1000. The summed E-state index contributed by atoms with van der Waals surface area (Å²) >= 11 is 1.57. The van der Waals surface area contributed by atoms with Crippen LogP contribution in [0.2, 0.25) is 0 Å². The summed E-state index contributed by atoms with van der Waals surface area (Å²) in [6, 6.07) is 10.6. The summed E-state index contributed by atoms with van der Waals surface area (Å²) in [5.41, 5.74) is 1.10. The molecule has 3 aromatic rings. The van der Waals surface area contributed by atoms with Gasteiger partial charge in [-0.15, -0.1) is 11.3 Å². The molecule has 1 N–H and O–H groups in total. The van der Waals surface area contributed by atoms with Crippen molar-refractivity contribution in [1.82, 2.24) is 15.0 Å². The van der Waals surface area contributed by atoms with E-state index >= 15 is 0 Å². The average molecular weight is 426 g/mol. The molecule has 1 amide bonds. The van der Waals surface area contributed by atoms with Gasteiger partial charge in [0.1, 0.15) is 0 Å². The molecule has 0 aliphatic carbocycles. The molecule has 1 atom stereocenters. The van der Waals surface area contributed by atoms with E-state index < -0.39 is 5.97 Å². The smallest absolute Gasteiger partial charge is 0.337 e. The first-order chi connectivity index (χ1) is 14.6. The number of nitrogens with one attached hydrogen (secondary N) is 1. The first kappa shape index (κ1) is 20.2. The summed E-state index contributed by atoms with van der Waals surface area (Å²) in [7, 11) is 1.34. The van der Waals surface area contributed by atoms with Gasteiger partial charge in [0.25, 0.3) is 0 Å². The molecular formula is C21H22N4O4S. The third kappa shape index (κ3) is 4.74. The molecule has 30 heavy (non-hydrogen) atoms. The maximum atomic E-state index is 12.7. The van der Waals surface area contributed by atoms with E-state index in [1.54, 1.807) is 35.6 Å². The molecule has 0 saturated carbocycles. The number of thiophene rings is 1. The van der Waals surface area contributed by atoms with Gasteiger partial charge in [0, 0.05) is 12.2 Å². The number of aromatic nitrogens is 2. The van der Waals surface area contributed by atoms with Crippen LogP contribution in [0.15, 0.2) is 46.3 Å². The van der Waals surface area contributed by atoms with Crippen LogP contribution in [0.4, 0.5) is 5.69 Å². The number of ether oxygens (including phenoxy) is 1. The minimum absolute atomic E-state index is 0.0321. The molecule has 0 radical (unpaired) electrons. The molecule has 1 unspecified atom stereocenters. The lowest BCUT2D eigenvalue weighted by Gasteiger charge is -2.30. The lowest BCUT2D eigenvalue weighted by atomic mass is 9.97. The Morgan fingerprint density at radius 3 is 2.87 bits per heavy atom. The number of nitrogens with zero attached hydrogens (tertiary/aromatic N) is 3. The molecule has 1 aliphatic heterocycles. The van der Waals surface area contributed by atoms with Gasteiger partial charge in [0.15, 0.2) is 0 Å². The standard InChI is InChI=1S/C21H22N4O4S/c1-28-21(27)14-6-8-16(9-7-14)22-20(26)15-4-2-10-25(12-15)13-18-23-19(24-29-18)17-5-3-11-30-17/h3,5-9,11,15H,2,4,10,12-13H2,1H3,(H,22,26).